The molecule has 0 aromatic heterocycles. The predicted molar refractivity (Wildman–Crippen MR) is 124 cm³/mol. The van der Waals surface area contributed by atoms with Gasteiger partial charge in [-0.1, -0.05) is 71.1 Å². The zero-order valence-electron chi connectivity index (χ0n) is 17.2. The monoisotopic (exact) mass is 490 g/mol. The minimum atomic E-state index is -0.550. The maximum atomic E-state index is 13.2. The van der Waals surface area contributed by atoms with E-state index >= 15 is 0 Å². The van der Waals surface area contributed by atoms with Crippen LogP contribution in [-0.4, -0.2) is 28.8 Å². The van der Waals surface area contributed by atoms with Crippen molar-refractivity contribution in [2.75, 3.05) is 0 Å². The van der Waals surface area contributed by atoms with Gasteiger partial charge in [-0.15, -0.1) is 0 Å². The molecule has 0 saturated heterocycles. The number of nitrogens with zero attached hydrogens (tertiary/aromatic N) is 1. The fourth-order valence-electron chi connectivity index (χ4n) is 3.86. The van der Waals surface area contributed by atoms with Gasteiger partial charge in [-0.05, 0) is 55.2 Å². The summed E-state index contributed by atoms with van der Waals surface area (Å²) >= 11 is 9.45. The molecule has 160 valence electrons. The first-order valence-electron chi connectivity index (χ1n) is 10.5. The van der Waals surface area contributed by atoms with E-state index in [1.165, 1.54) is 6.42 Å². The Morgan fingerprint density at radius 2 is 1.80 bits per heavy atom. The third-order valence-corrected chi connectivity index (χ3v) is 6.37. The zero-order chi connectivity index (χ0) is 21.5. The Labute approximate surface area is 192 Å². The van der Waals surface area contributed by atoms with Crippen LogP contribution in [0.3, 0.4) is 0 Å². The van der Waals surface area contributed by atoms with E-state index < -0.39 is 6.04 Å². The van der Waals surface area contributed by atoms with Crippen LogP contribution in [0.5, 0.6) is 0 Å². The quantitative estimate of drug-likeness (QED) is 0.555. The van der Waals surface area contributed by atoms with Crippen molar-refractivity contribution in [3.63, 3.8) is 0 Å². The molecule has 30 heavy (non-hydrogen) atoms. The van der Waals surface area contributed by atoms with E-state index in [4.69, 9.17) is 11.6 Å². The third-order valence-electron chi connectivity index (χ3n) is 5.63. The Morgan fingerprint density at radius 3 is 2.47 bits per heavy atom. The lowest BCUT2D eigenvalue weighted by Gasteiger charge is -2.31. The van der Waals surface area contributed by atoms with Gasteiger partial charge in [0.15, 0.2) is 0 Å². The highest BCUT2D eigenvalue weighted by Crippen LogP contribution is 2.20. The van der Waals surface area contributed by atoms with E-state index in [9.17, 15) is 9.59 Å². The zero-order valence-corrected chi connectivity index (χ0v) is 19.6. The predicted octanol–water partition coefficient (Wildman–Crippen LogP) is 5.51. The molecule has 0 unspecified atom stereocenters. The van der Waals surface area contributed by atoms with Crippen molar-refractivity contribution in [3.8, 4) is 0 Å². The molecule has 1 N–H and O–H groups in total. The Bertz CT molecular complexity index is 866. The fourth-order valence-corrected chi connectivity index (χ4v) is 4.43. The molecule has 0 spiro atoms. The van der Waals surface area contributed by atoms with Gasteiger partial charge in [0, 0.05) is 22.1 Å². The summed E-state index contributed by atoms with van der Waals surface area (Å²) in [6.07, 6.45) is 5.79. The number of hydrogen-bond donors (Lipinski definition) is 1. The highest BCUT2D eigenvalue weighted by molar-refractivity contribution is 9.10. The third kappa shape index (κ3) is 6.58. The molecule has 6 heteroatoms. The van der Waals surface area contributed by atoms with Gasteiger partial charge in [-0.2, -0.15) is 0 Å². The Balaban J connectivity index is 1.75. The number of carbonyl (C=O) groups is 2. The Kier molecular flexibility index (Phi) is 8.34. The maximum absolute atomic E-state index is 13.2. The van der Waals surface area contributed by atoms with Crippen LogP contribution in [0.1, 0.15) is 50.2 Å². The van der Waals surface area contributed by atoms with Gasteiger partial charge in [-0.3, -0.25) is 9.59 Å². The summed E-state index contributed by atoms with van der Waals surface area (Å²) in [7, 11) is 0. The summed E-state index contributed by atoms with van der Waals surface area (Å²) in [5.41, 5.74) is 1.86. The summed E-state index contributed by atoms with van der Waals surface area (Å²) in [4.78, 5) is 27.9. The van der Waals surface area contributed by atoms with Crippen LogP contribution >= 0.6 is 27.5 Å². The van der Waals surface area contributed by atoms with Gasteiger partial charge in [0.25, 0.3) is 0 Å². The minimum absolute atomic E-state index is 0.0800. The van der Waals surface area contributed by atoms with Crippen LogP contribution in [0.25, 0.3) is 0 Å². The molecule has 0 heterocycles. The van der Waals surface area contributed by atoms with Crippen LogP contribution in [0.15, 0.2) is 53.0 Å². The second-order valence-electron chi connectivity index (χ2n) is 7.97. The number of benzene rings is 2. The number of halogens is 2. The second kappa shape index (κ2) is 11.0. The van der Waals surface area contributed by atoms with Crippen LogP contribution < -0.4 is 5.32 Å². The highest BCUT2D eigenvalue weighted by atomic mass is 79.9. The van der Waals surface area contributed by atoms with Gasteiger partial charge >= 0.3 is 0 Å². The van der Waals surface area contributed by atoms with Crippen molar-refractivity contribution in [3.05, 3.63) is 69.2 Å². The van der Waals surface area contributed by atoms with Crippen molar-refractivity contribution in [1.29, 1.82) is 0 Å². The SMILES string of the molecule is C[C@H](C(=O)NC1CCCCC1)N(Cc1cccc(Br)c1)C(=O)Cc1ccc(Cl)cc1. The van der Waals surface area contributed by atoms with Gasteiger partial charge in [0.1, 0.15) is 6.04 Å². The molecule has 0 bridgehead atoms. The van der Waals surface area contributed by atoms with Gasteiger partial charge in [0.05, 0.1) is 6.42 Å². The van der Waals surface area contributed by atoms with E-state index in [2.05, 4.69) is 21.2 Å². The van der Waals surface area contributed by atoms with Crippen molar-refractivity contribution in [2.24, 2.45) is 0 Å². The Hall–Kier alpha value is -1.85. The molecule has 1 atom stereocenters. The molecule has 3 rings (SSSR count). The van der Waals surface area contributed by atoms with E-state index in [1.54, 1.807) is 17.0 Å². The first kappa shape index (κ1) is 22.8. The fraction of sp³-hybridized carbons (Fsp3) is 0.417. The second-order valence-corrected chi connectivity index (χ2v) is 9.33. The van der Waals surface area contributed by atoms with Gasteiger partial charge in [-0.25, -0.2) is 0 Å². The first-order chi connectivity index (χ1) is 14.4. The number of rotatable bonds is 7. The molecule has 1 saturated carbocycles. The van der Waals surface area contributed by atoms with E-state index in [1.807, 2.05) is 43.3 Å². The molecular formula is C24H28BrClN2O2. The van der Waals surface area contributed by atoms with Crippen molar-refractivity contribution < 1.29 is 9.59 Å². The largest absolute Gasteiger partial charge is 0.352 e. The molecule has 2 aromatic rings. The average molecular weight is 492 g/mol. The topological polar surface area (TPSA) is 49.4 Å². The number of hydrogen-bond acceptors (Lipinski definition) is 2. The lowest BCUT2D eigenvalue weighted by Crippen LogP contribution is -2.50. The molecular weight excluding hydrogens is 464 g/mol. The summed E-state index contributed by atoms with van der Waals surface area (Å²) in [6.45, 7) is 2.20. The van der Waals surface area contributed by atoms with Crippen molar-refractivity contribution in [1.82, 2.24) is 10.2 Å². The number of amides is 2. The summed E-state index contributed by atoms with van der Waals surface area (Å²) < 4.78 is 0.949. The number of carbonyl (C=O) groups excluding carboxylic acids is 2. The van der Waals surface area contributed by atoms with Crippen LogP contribution in [0.2, 0.25) is 5.02 Å². The normalized spacial score (nSPS) is 15.4. The molecule has 1 fully saturated rings. The van der Waals surface area contributed by atoms with E-state index in [0.29, 0.717) is 11.6 Å². The van der Waals surface area contributed by atoms with Gasteiger partial charge in [0.2, 0.25) is 11.8 Å². The molecule has 1 aliphatic carbocycles. The molecule has 2 amide bonds. The summed E-state index contributed by atoms with van der Waals surface area (Å²) in [5.74, 6) is -0.162. The maximum Gasteiger partial charge on any atom is 0.242 e. The van der Waals surface area contributed by atoms with E-state index in [0.717, 1.165) is 41.3 Å². The van der Waals surface area contributed by atoms with E-state index in [-0.39, 0.29) is 24.3 Å². The number of nitrogens with one attached hydrogen (secondary N) is 1. The molecule has 1 aliphatic rings. The highest BCUT2D eigenvalue weighted by Gasteiger charge is 2.28. The standard InChI is InChI=1S/C24H28BrClN2O2/c1-17(24(30)27-22-8-3-2-4-9-22)28(16-19-6-5-7-20(25)14-19)23(29)15-18-10-12-21(26)13-11-18/h5-7,10-14,17,22H,2-4,8-9,15-16H2,1H3,(H,27,30)/t17-/m1/s1. The molecule has 4 nitrogen and oxygen atoms in total. The molecule has 2 aromatic carbocycles. The first-order valence-corrected chi connectivity index (χ1v) is 11.7. The minimum Gasteiger partial charge on any atom is -0.352 e. The Morgan fingerprint density at radius 1 is 1.10 bits per heavy atom. The van der Waals surface area contributed by atoms with Crippen LogP contribution in [-0.2, 0) is 22.6 Å². The average Bonchev–Trinajstić information content (AvgIpc) is 2.74. The van der Waals surface area contributed by atoms with Crippen molar-refractivity contribution >= 4 is 39.3 Å². The van der Waals surface area contributed by atoms with Crippen LogP contribution in [0, 0.1) is 0 Å². The van der Waals surface area contributed by atoms with Crippen molar-refractivity contribution in [2.45, 2.75) is 64.1 Å². The van der Waals surface area contributed by atoms with Gasteiger partial charge < -0.3 is 10.2 Å². The molecule has 0 aliphatic heterocycles. The summed E-state index contributed by atoms with van der Waals surface area (Å²) in [5, 5.41) is 3.80. The smallest absolute Gasteiger partial charge is 0.242 e. The lowest BCUT2D eigenvalue weighted by molar-refractivity contribution is -0.140. The lowest BCUT2D eigenvalue weighted by atomic mass is 9.95. The summed E-state index contributed by atoms with van der Waals surface area (Å²) in [6, 6.07) is 14.8. The van der Waals surface area contributed by atoms with Crippen LogP contribution in [0.4, 0.5) is 0 Å². The molecule has 0 radical (unpaired) electrons.